The lowest BCUT2D eigenvalue weighted by Gasteiger charge is -2.23. The van der Waals surface area contributed by atoms with E-state index in [-0.39, 0.29) is 29.2 Å². The molecule has 1 heterocycles. The predicted molar refractivity (Wildman–Crippen MR) is 83.2 cm³/mol. The molecule has 1 aliphatic heterocycles. The van der Waals surface area contributed by atoms with E-state index in [4.69, 9.17) is 14.6 Å². The molecule has 1 aromatic carbocycles. The number of aromatic carboxylic acids is 1. The summed E-state index contributed by atoms with van der Waals surface area (Å²) in [5.41, 5.74) is 0.339. The Morgan fingerprint density at radius 1 is 1.45 bits per heavy atom. The molecule has 6 nitrogen and oxygen atoms in total. The summed E-state index contributed by atoms with van der Waals surface area (Å²) >= 11 is 3.22. The van der Waals surface area contributed by atoms with Crippen LogP contribution >= 0.6 is 15.9 Å². The smallest absolute Gasteiger partial charge is 0.335 e. The topological polar surface area (TPSA) is 84.9 Å². The molecule has 0 saturated carbocycles. The average Bonchev–Trinajstić information content (AvgIpc) is 3.00. The van der Waals surface area contributed by atoms with Crippen molar-refractivity contribution in [2.75, 3.05) is 20.3 Å². The van der Waals surface area contributed by atoms with E-state index in [9.17, 15) is 9.59 Å². The number of halogens is 1. The maximum Gasteiger partial charge on any atom is 0.335 e. The monoisotopic (exact) mass is 371 g/mol. The Morgan fingerprint density at radius 3 is 2.77 bits per heavy atom. The Labute approximate surface area is 136 Å². The molecule has 2 rings (SSSR count). The zero-order chi connectivity index (χ0) is 16.1. The number of carboxylic acid groups (broad SMARTS) is 1. The summed E-state index contributed by atoms with van der Waals surface area (Å²) in [5, 5.41) is 11.9. The molecular weight excluding hydrogens is 354 g/mol. The fourth-order valence-corrected chi connectivity index (χ4v) is 2.93. The fourth-order valence-electron chi connectivity index (χ4n) is 2.44. The van der Waals surface area contributed by atoms with Gasteiger partial charge in [-0.1, -0.05) is 15.9 Å². The first-order valence-electron chi connectivity index (χ1n) is 6.96. The molecule has 2 N–H and O–H groups in total. The van der Waals surface area contributed by atoms with Crippen LogP contribution in [0.15, 0.2) is 22.7 Å². The van der Waals surface area contributed by atoms with Crippen molar-refractivity contribution >= 4 is 27.8 Å². The molecular formula is C15H18BrNO5. The fraction of sp³-hybridized carbons (Fsp3) is 0.467. The van der Waals surface area contributed by atoms with E-state index < -0.39 is 5.97 Å². The summed E-state index contributed by atoms with van der Waals surface area (Å²) in [5.74, 6) is -1.43. The van der Waals surface area contributed by atoms with Crippen LogP contribution in [0.1, 0.15) is 33.6 Å². The van der Waals surface area contributed by atoms with E-state index in [2.05, 4.69) is 21.2 Å². The lowest BCUT2D eigenvalue weighted by atomic mass is 10.1. The highest BCUT2D eigenvalue weighted by Gasteiger charge is 2.27. The van der Waals surface area contributed by atoms with Gasteiger partial charge in [0.05, 0.1) is 24.3 Å². The number of rotatable bonds is 6. The van der Waals surface area contributed by atoms with Gasteiger partial charge in [-0.3, -0.25) is 4.79 Å². The lowest BCUT2D eigenvalue weighted by molar-refractivity contribution is 0.0403. The highest BCUT2D eigenvalue weighted by molar-refractivity contribution is 9.10. The summed E-state index contributed by atoms with van der Waals surface area (Å²) in [7, 11) is 1.57. The largest absolute Gasteiger partial charge is 0.478 e. The second-order valence-electron chi connectivity index (χ2n) is 5.12. The van der Waals surface area contributed by atoms with E-state index in [1.807, 2.05) is 0 Å². The number of nitrogens with one attached hydrogen (secondary N) is 1. The zero-order valence-electron chi connectivity index (χ0n) is 12.2. The molecule has 7 heteroatoms. The Morgan fingerprint density at radius 2 is 2.18 bits per heavy atom. The second kappa shape index (κ2) is 7.71. The molecule has 1 aromatic rings. The minimum atomic E-state index is -1.08. The first kappa shape index (κ1) is 16.9. The number of carboxylic acids is 1. The Balaban J connectivity index is 2.14. The average molecular weight is 372 g/mol. The minimum Gasteiger partial charge on any atom is -0.478 e. The molecule has 1 amide bonds. The number of benzene rings is 1. The molecule has 0 bridgehead atoms. The first-order valence-corrected chi connectivity index (χ1v) is 7.76. The van der Waals surface area contributed by atoms with Crippen LogP contribution in [0, 0.1) is 0 Å². The molecule has 1 fully saturated rings. The van der Waals surface area contributed by atoms with Gasteiger partial charge in [0.15, 0.2) is 0 Å². The van der Waals surface area contributed by atoms with Crippen LogP contribution in [0.2, 0.25) is 0 Å². The number of carbonyl (C=O) groups is 2. The number of amides is 1. The predicted octanol–water partition coefficient (Wildman–Crippen LogP) is 2.07. The summed E-state index contributed by atoms with van der Waals surface area (Å²) in [4.78, 5) is 23.4. The van der Waals surface area contributed by atoms with Gasteiger partial charge in [-0.15, -0.1) is 0 Å². The molecule has 0 spiro atoms. The van der Waals surface area contributed by atoms with Crippen LogP contribution in [0.3, 0.4) is 0 Å². The lowest BCUT2D eigenvalue weighted by Crippen LogP contribution is -2.46. The van der Waals surface area contributed by atoms with Gasteiger partial charge in [0, 0.05) is 23.8 Å². The van der Waals surface area contributed by atoms with Crippen molar-refractivity contribution in [1.29, 1.82) is 0 Å². The maximum atomic E-state index is 12.4. The quantitative estimate of drug-likeness (QED) is 0.799. The van der Waals surface area contributed by atoms with Gasteiger partial charge in [-0.2, -0.15) is 0 Å². The molecule has 120 valence electrons. The normalized spacial score (nSPS) is 18.9. The standard InChI is InChI=1S/C15H18BrNO5/c1-21-8-12(13-3-2-4-22-13)17-14(18)9-5-10(15(19)20)7-11(16)6-9/h5-7,12-13H,2-4,8H2,1H3,(H,17,18)(H,19,20). The third kappa shape index (κ3) is 4.28. The van der Waals surface area contributed by atoms with Gasteiger partial charge >= 0.3 is 5.97 Å². The number of carbonyl (C=O) groups excluding carboxylic acids is 1. The van der Waals surface area contributed by atoms with Crippen molar-refractivity contribution in [2.24, 2.45) is 0 Å². The van der Waals surface area contributed by atoms with Gasteiger partial charge in [-0.25, -0.2) is 4.79 Å². The van der Waals surface area contributed by atoms with Crippen LogP contribution in [0.4, 0.5) is 0 Å². The van der Waals surface area contributed by atoms with Gasteiger partial charge in [0.1, 0.15) is 0 Å². The second-order valence-corrected chi connectivity index (χ2v) is 6.04. The van der Waals surface area contributed by atoms with E-state index >= 15 is 0 Å². The van der Waals surface area contributed by atoms with E-state index in [1.165, 1.54) is 12.1 Å². The number of hydrogen-bond acceptors (Lipinski definition) is 4. The van der Waals surface area contributed by atoms with Gasteiger partial charge < -0.3 is 19.9 Å². The number of methoxy groups -OCH3 is 1. The summed E-state index contributed by atoms with van der Waals surface area (Å²) in [6, 6.07) is 4.13. The highest BCUT2D eigenvalue weighted by Crippen LogP contribution is 2.19. The molecule has 2 unspecified atom stereocenters. The number of hydrogen-bond donors (Lipinski definition) is 2. The third-order valence-corrected chi connectivity index (χ3v) is 3.94. The molecule has 0 radical (unpaired) electrons. The maximum absolute atomic E-state index is 12.4. The van der Waals surface area contributed by atoms with E-state index in [1.54, 1.807) is 13.2 Å². The van der Waals surface area contributed by atoms with Crippen LogP contribution in [0.25, 0.3) is 0 Å². The van der Waals surface area contributed by atoms with Crippen molar-refractivity contribution < 1.29 is 24.2 Å². The molecule has 0 aliphatic carbocycles. The minimum absolute atomic E-state index is 0.0555. The van der Waals surface area contributed by atoms with Crippen LogP contribution in [0.5, 0.6) is 0 Å². The molecule has 0 aromatic heterocycles. The molecule has 22 heavy (non-hydrogen) atoms. The highest BCUT2D eigenvalue weighted by atomic mass is 79.9. The SMILES string of the molecule is COCC(NC(=O)c1cc(Br)cc(C(=O)O)c1)C1CCCO1. The summed E-state index contributed by atoms with van der Waals surface area (Å²) in [6.45, 7) is 1.02. The zero-order valence-corrected chi connectivity index (χ0v) is 13.8. The summed E-state index contributed by atoms with van der Waals surface area (Å²) < 4.78 is 11.3. The van der Waals surface area contributed by atoms with E-state index in [0.717, 1.165) is 12.8 Å². The first-order chi connectivity index (χ1) is 10.5. The van der Waals surface area contributed by atoms with Gasteiger partial charge in [0.25, 0.3) is 5.91 Å². The van der Waals surface area contributed by atoms with Crippen molar-refractivity contribution in [2.45, 2.75) is 25.0 Å². The Bertz CT molecular complexity index is 557. The van der Waals surface area contributed by atoms with Crippen LogP contribution in [-0.4, -0.2) is 49.5 Å². The van der Waals surface area contributed by atoms with Crippen molar-refractivity contribution in [1.82, 2.24) is 5.32 Å². The van der Waals surface area contributed by atoms with Crippen LogP contribution in [-0.2, 0) is 9.47 Å². The van der Waals surface area contributed by atoms with Crippen molar-refractivity contribution in [3.63, 3.8) is 0 Å². The number of ether oxygens (including phenoxy) is 2. The molecule has 2 atom stereocenters. The Hall–Kier alpha value is -1.44. The Kier molecular flexibility index (Phi) is 5.93. The molecule has 1 saturated heterocycles. The van der Waals surface area contributed by atoms with E-state index in [0.29, 0.717) is 17.7 Å². The van der Waals surface area contributed by atoms with Crippen molar-refractivity contribution in [3.05, 3.63) is 33.8 Å². The van der Waals surface area contributed by atoms with Gasteiger partial charge in [-0.05, 0) is 31.0 Å². The third-order valence-electron chi connectivity index (χ3n) is 3.48. The summed E-state index contributed by atoms with van der Waals surface area (Å²) in [6.07, 6.45) is 1.75. The van der Waals surface area contributed by atoms with Crippen LogP contribution < -0.4 is 5.32 Å². The van der Waals surface area contributed by atoms with Gasteiger partial charge in [0.2, 0.25) is 0 Å². The molecule has 1 aliphatic rings. The van der Waals surface area contributed by atoms with Crippen molar-refractivity contribution in [3.8, 4) is 0 Å².